The number of benzene rings is 4. The summed E-state index contributed by atoms with van der Waals surface area (Å²) in [5, 5.41) is 4.67. The van der Waals surface area contributed by atoms with Crippen molar-refractivity contribution in [2.45, 2.75) is 13.8 Å². The Kier molecular flexibility index (Phi) is 4.83. The molecule has 0 amide bonds. The van der Waals surface area contributed by atoms with Crippen LogP contribution in [0, 0.1) is 6.92 Å². The second-order valence-corrected chi connectivity index (χ2v) is 7.03. The molecule has 0 N–H and O–H groups in total. The van der Waals surface area contributed by atoms with Gasteiger partial charge in [0.15, 0.2) is 0 Å². The molecule has 4 aromatic carbocycles. The van der Waals surface area contributed by atoms with Gasteiger partial charge in [-0.1, -0.05) is 96.0 Å². The van der Waals surface area contributed by atoms with Crippen molar-refractivity contribution in [2.75, 3.05) is 0 Å². The summed E-state index contributed by atoms with van der Waals surface area (Å²) in [6.07, 6.45) is 2.14. The third-order valence-electron chi connectivity index (χ3n) is 5.09. The van der Waals surface area contributed by atoms with Gasteiger partial charge >= 0.3 is 0 Å². The zero-order valence-electron chi connectivity index (χ0n) is 15.5. The van der Waals surface area contributed by atoms with Crippen LogP contribution in [0.5, 0.6) is 0 Å². The number of aryl methyl sites for hydroxylation is 1. The average molecular weight is 369 g/mol. The van der Waals surface area contributed by atoms with E-state index in [1.165, 1.54) is 43.8 Å². The van der Waals surface area contributed by atoms with Gasteiger partial charge in [-0.05, 0) is 63.4 Å². The molecule has 0 atom stereocenters. The quantitative estimate of drug-likeness (QED) is 0.391. The van der Waals surface area contributed by atoms with Gasteiger partial charge in [0.05, 0.1) is 0 Å². The van der Waals surface area contributed by atoms with Crippen LogP contribution < -0.4 is 10.4 Å². The molecule has 132 valence electrons. The Balaban J connectivity index is 1.93. The summed E-state index contributed by atoms with van der Waals surface area (Å²) in [6.45, 7) is 4.18. The van der Waals surface area contributed by atoms with E-state index in [1.54, 1.807) is 5.54 Å². The lowest BCUT2D eigenvalue weighted by Gasteiger charge is -2.11. The second kappa shape index (κ2) is 7.42. The fourth-order valence-electron chi connectivity index (χ4n) is 3.67. The summed E-state index contributed by atoms with van der Waals surface area (Å²) in [5.74, 6) is 0. The lowest BCUT2D eigenvalue weighted by atomic mass is 9.93. The normalized spacial score (nSPS) is 12.7. The van der Waals surface area contributed by atoms with Gasteiger partial charge < -0.3 is 0 Å². The van der Waals surface area contributed by atoms with Crippen molar-refractivity contribution in [2.24, 2.45) is 0 Å². The molecular formula is C26H21Cl. The highest BCUT2D eigenvalue weighted by molar-refractivity contribution is 6.38. The molecule has 0 fully saturated rings. The summed E-state index contributed by atoms with van der Waals surface area (Å²) >= 11 is 6.14. The maximum Gasteiger partial charge on any atom is 0.0121 e. The number of halogens is 1. The van der Waals surface area contributed by atoms with E-state index in [2.05, 4.69) is 98.8 Å². The molecule has 4 aromatic rings. The molecule has 27 heavy (non-hydrogen) atoms. The van der Waals surface area contributed by atoms with Gasteiger partial charge in [0.1, 0.15) is 0 Å². The van der Waals surface area contributed by atoms with Crippen molar-refractivity contribution in [3.63, 3.8) is 0 Å². The largest absolute Gasteiger partial charge is 0.0923 e. The molecule has 0 aliphatic heterocycles. The minimum absolute atomic E-state index is 1.05. The SMILES string of the molecule is C/C=c1/c(-c2ccc(-c3ccc(C)cc3)cc2)c2ccccc2c/c1=C/Cl. The van der Waals surface area contributed by atoms with Crippen LogP contribution in [0.2, 0.25) is 0 Å². The molecule has 0 aliphatic carbocycles. The Bertz CT molecular complexity index is 1210. The average Bonchev–Trinajstić information content (AvgIpc) is 2.73. The topological polar surface area (TPSA) is 0 Å². The predicted octanol–water partition coefficient (Wildman–Crippen LogP) is 6.26. The van der Waals surface area contributed by atoms with Gasteiger partial charge in [0, 0.05) is 5.54 Å². The van der Waals surface area contributed by atoms with Gasteiger partial charge in [0.2, 0.25) is 0 Å². The van der Waals surface area contributed by atoms with E-state index in [0.717, 1.165) is 5.22 Å². The van der Waals surface area contributed by atoms with Gasteiger partial charge in [-0.2, -0.15) is 0 Å². The number of hydrogen-bond acceptors (Lipinski definition) is 0. The summed E-state index contributed by atoms with van der Waals surface area (Å²) in [7, 11) is 0. The molecule has 0 bridgehead atoms. The van der Waals surface area contributed by atoms with Gasteiger partial charge in [-0.25, -0.2) is 0 Å². The first-order chi connectivity index (χ1) is 13.2. The number of fused-ring (bicyclic) bond motifs is 1. The van der Waals surface area contributed by atoms with Gasteiger partial charge in [-0.15, -0.1) is 0 Å². The Morgan fingerprint density at radius 3 is 1.96 bits per heavy atom. The Morgan fingerprint density at radius 1 is 0.741 bits per heavy atom. The molecule has 0 aromatic heterocycles. The predicted molar refractivity (Wildman–Crippen MR) is 119 cm³/mol. The van der Waals surface area contributed by atoms with Crippen LogP contribution in [0.15, 0.2) is 78.9 Å². The van der Waals surface area contributed by atoms with Crippen molar-refractivity contribution in [3.05, 3.63) is 94.9 Å². The highest BCUT2D eigenvalue weighted by Crippen LogP contribution is 2.27. The minimum Gasteiger partial charge on any atom is -0.0923 e. The monoisotopic (exact) mass is 368 g/mol. The summed E-state index contributed by atoms with van der Waals surface area (Å²) < 4.78 is 0. The van der Waals surface area contributed by atoms with Gasteiger partial charge in [0.25, 0.3) is 0 Å². The zero-order chi connectivity index (χ0) is 18.8. The molecule has 0 nitrogen and oxygen atoms in total. The molecule has 4 rings (SSSR count). The third kappa shape index (κ3) is 3.29. The minimum atomic E-state index is 1.05. The molecule has 0 unspecified atom stereocenters. The maximum atomic E-state index is 6.14. The van der Waals surface area contributed by atoms with Crippen LogP contribution in [0.3, 0.4) is 0 Å². The molecule has 0 aliphatic rings. The third-order valence-corrected chi connectivity index (χ3v) is 5.32. The fraction of sp³-hybridized carbons (Fsp3) is 0.0769. The van der Waals surface area contributed by atoms with E-state index >= 15 is 0 Å². The molecule has 0 spiro atoms. The van der Waals surface area contributed by atoms with E-state index in [-0.39, 0.29) is 0 Å². The Labute approximate surface area is 165 Å². The number of rotatable bonds is 2. The van der Waals surface area contributed by atoms with Crippen molar-refractivity contribution >= 4 is 34.0 Å². The Hall–Kier alpha value is -2.83. The maximum absolute atomic E-state index is 6.14. The number of hydrogen-bond donors (Lipinski definition) is 0. The highest BCUT2D eigenvalue weighted by atomic mass is 35.5. The summed E-state index contributed by atoms with van der Waals surface area (Å²) in [6, 6.07) is 28.1. The van der Waals surface area contributed by atoms with Crippen LogP contribution >= 0.6 is 11.6 Å². The molecule has 0 saturated heterocycles. The first-order valence-electron chi connectivity index (χ1n) is 9.17. The van der Waals surface area contributed by atoms with E-state index in [4.69, 9.17) is 11.6 Å². The van der Waals surface area contributed by atoms with Crippen molar-refractivity contribution in [3.8, 4) is 22.3 Å². The van der Waals surface area contributed by atoms with E-state index in [0.29, 0.717) is 0 Å². The van der Waals surface area contributed by atoms with E-state index in [9.17, 15) is 0 Å². The van der Waals surface area contributed by atoms with E-state index < -0.39 is 0 Å². The lowest BCUT2D eigenvalue weighted by Crippen LogP contribution is -2.26. The second-order valence-electron chi connectivity index (χ2n) is 6.82. The summed E-state index contributed by atoms with van der Waals surface area (Å²) in [4.78, 5) is 0. The van der Waals surface area contributed by atoms with Crippen molar-refractivity contribution in [1.29, 1.82) is 0 Å². The van der Waals surface area contributed by atoms with Crippen LogP contribution in [0.4, 0.5) is 0 Å². The fourth-order valence-corrected chi connectivity index (χ4v) is 3.85. The van der Waals surface area contributed by atoms with Crippen LogP contribution in [0.1, 0.15) is 12.5 Å². The first kappa shape index (κ1) is 17.6. The molecule has 0 heterocycles. The van der Waals surface area contributed by atoms with E-state index in [1.807, 2.05) is 0 Å². The first-order valence-corrected chi connectivity index (χ1v) is 9.61. The standard InChI is InChI=1S/C26H21Cl/c1-3-24-23(17-27)16-22-6-4-5-7-25(22)26(24)21-14-12-20(13-15-21)19-10-8-18(2)9-11-19/h3-17H,1-2H3/b23-17-,24-3+. The highest BCUT2D eigenvalue weighted by Gasteiger charge is 2.08. The van der Waals surface area contributed by atoms with Crippen LogP contribution in [-0.4, -0.2) is 0 Å². The zero-order valence-corrected chi connectivity index (χ0v) is 16.3. The molecule has 0 saturated carbocycles. The van der Waals surface area contributed by atoms with Crippen molar-refractivity contribution < 1.29 is 0 Å². The molecular weight excluding hydrogens is 348 g/mol. The Morgan fingerprint density at radius 2 is 1.33 bits per heavy atom. The molecule has 1 heteroatoms. The van der Waals surface area contributed by atoms with Crippen LogP contribution in [0.25, 0.3) is 44.6 Å². The molecule has 0 radical (unpaired) electrons. The van der Waals surface area contributed by atoms with Crippen molar-refractivity contribution in [1.82, 2.24) is 0 Å². The summed E-state index contributed by atoms with van der Waals surface area (Å²) in [5.41, 5.74) is 7.85. The van der Waals surface area contributed by atoms with Gasteiger partial charge in [-0.3, -0.25) is 0 Å². The lowest BCUT2D eigenvalue weighted by molar-refractivity contribution is 1.47. The smallest absolute Gasteiger partial charge is 0.0121 e. The van der Waals surface area contributed by atoms with Crippen LogP contribution in [-0.2, 0) is 0 Å².